The predicted molar refractivity (Wildman–Crippen MR) is 98.0 cm³/mol. The van der Waals surface area contributed by atoms with Crippen LogP contribution in [0, 0.1) is 5.82 Å². The molecule has 0 bridgehead atoms. The molecule has 0 saturated carbocycles. The Morgan fingerprint density at radius 3 is 2.62 bits per heavy atom. The highest BCUT2D eigenvalue weighted by Crippen LogP contribution is 2.21. The summed E-state index contributed by atoms with van der Waals surface area (Å²) in [5.74, 6) is -0.977. The summed E-state index contributed by atoms with van der Waals surface area (Å²) in [5, 5.41) is 6.79. The second-order valence-corrected chi connectivity index (χ2v) is 5.58. The second kappa shape index (κ2) is 9.53. The summed E-state index contributed by atoms with van der Waals surface area (Å²) < 4.78 is 18.2. The molecule has 0 heterocycles. The number of nitrogens with zero attached hydrogens (tertiary/aromatic N) is 1. The van der Waals surface area contributed by atoms with Crippen LogP contribution >= 0.6 is 11.6 Å². The first-order valence-electron chi connectivity index (χ1n) is 7.77. The average Bonchev–Trinajstić information content (AvgIpc) is 2.59. The van der Waals surface area contributed by atoms with Gasteiger partial charge in [0.15, 0.2) is 0 Å². The van der Waals surface area contributed by atoms with Crippen LogP contribution in [0.4, 0.5) is 10.1 Å². The molecule has 0 radical (unpaired) electrons. The number of carbonyl (C=O) groups excluding carboxylic acids is 2. The summed E-state index contributed by atoms with van der Waals surface area (Å²) in [7, 11) is 0. The number of hydrogen-bond donors (Lipinski definition) is 2. The first-order valence-corrected chi connectivity index (χ1v) is 8.15. The van der Waals surface area contributed by atoms with Gasteiger partial charge in [0.2, 0.25) is 11.8 Å². The maximum absolute atomic E-state index is 12.8. The molecule has 136 valence electrons. The molecular formula is C18H17ClFN3O3. The maximum Gasteiger partial charge on any atom is 0.249 e. The van der Waals surface area contributed by atoms with Gasteiger partial charge >= 0.3 is 0 Å². The summed E-state index contributed by atoms with van der Waals surface area (Å²) >= 11 is 5.93. The number of carbonyl (C=O) groups is 2. The fourth-order valence-corrected chi connectivity index (χ4v) is 2.19. The van der Waals surface area contributed by atoms with E-state index < -0.39 is 24.1 Å². The van der Waals surface area contributed by atoms with Gasteiger partial charge in [0, 0.05) is 16.3 Å². The van der Waals surface area contributed by atoms with Crippen LogP contribution in [0.3, 0.4) is 0 Å². The van der Waals surface area contributed by atoms with Crippen LogP contribution in [0.2, 0.25) is 5.02 Å². The minimum atomic E-state index is -0.596. The Hall–Kier alpha value is -2.93. The van der Waals surface area contributed by atoms with E-state index in [-0.39, 0.29) is 0 Å². The molecule has 2 amide bonds. The van der Waals surface area contributed by atoms with Crippen LogP contribution in [0.15, 0.2) is 47.6 Å². The van der Waals surface area contributed by atoms with Crippen molar-refractivity contribution in [3.05, 3.63) is 58.9 Å². The number of benzene rings is 2. The number of nitrogens with one attached hydrogen (secondary N) is 2. The van der Waals surface area contributed by atoms with Crippen molar-refractivity contribution < 1.29 is 18.7 Å². The summed E-state index contributed by atoms with van der Waals surface area (Å²) in [5.41, 5.74) is 3.25. The molecule has 0 aliphatic heterocycles. The Morgan fingerprint density at radius 1 is 1.19 bits per heavy atom. The van der Waals surface area contributed by atoms with Crippen molar-refractivity contribution >= 4 is 35.3 Å². The van der Waals surface area contributed by atoms with E-state index in [1.165, 1.54) is 30.5 Å². The number of hydrazone groups is 1. The van der Waals surface area contributed by atoms with E-state index in [2.05, 4.69) is 15.8 Å². The molecule has 2 aromatic rings. The van der Waals surface area contributed by atoms with Crippen LogP contribution in [0.1, 0.15) is 18.9 Å². The van der Waals surface area contributed by atoms with Gasteiger partial charge in [0.05, 0.1) is 12.8 Å². The van der Waals surface area contributed by atoms with E-state index in [9.17, 15) is 14.0 Å². The Kier molecular flexibility index (Phi) is 7.11. The number of rotatable bonds is 7. The SMILES string of the molecule is CCOc1ccc(Cl)cc1C=NNC(=O)CC(=O)Nc1ccc(F)cc1. The molecule has 2 rings (SSSR count). The number of halogens is 2. The van der Waals surface area contributed by atoms with E-state index in [0.29, 0.717) is 28.6 Å². The largest absolute Gasteiger partial charge is 0.493 e. The fraction of sp³-hybridized carbons (Fsp3) is 0.167. The number of hydrogen-bond acceptors (Lipinski definition) is 4. The maximum atomic E-state index is 12.8. The lowest BCUT2D eigenvalue weighted by Gasteiger charge is -2.07. The van der Waals surface area contributed by atoms with Gasteiger partial charge in [-0.25, -0.2) is 9.82 Å². The van der Waals surface area contributed by atoms with Crippen LogP contribution in [-0.2, 0) is 9.59 Å². The zero-order valence-corrected chi connectivity index (χ0v) is 14.7. The van der Waals surface area contributed by atoms with E-state index in [0.717, 1.165) is 0 Å². The minimum absolute atomic E-state index is 0.396. The van der Waals surface area contributed by atoms with Gasteiger partial charge in [-0.3, -0.25) is 9.59 Å². The summed E-state index contributed by atoms with van der Waals surface area (Å²) in [6.45, 7) is 2.31. The van der Waals surface area contributed by atoms with Crippen LogP contribution in [0.25, 0.3) is 0 Å². The highest BCUT2D eigenvalue weighted by atomic mass is 35.5. The molecule has 0 aliphatic carbocycles. The molecule has 0 fully saturated rings. The zero-order valence-electron chi connectivity index (χ0n) is 14.0. The van der Waals surface area contributed by atoms with Gasteiger partial charge in [-0.1, -0.05) is 11.6 Å². The van der Waals surface area contributed by atoms with Crippen LogP contribution in [0.5, 0.6) is 5.75 Å². The van der Waals surface area contributed by atoms with Crippen LogP contribution in [-0.4, -0.2) is 24.6 Å². The molecule has 0 aromatic heterocycles. The smallest absolute Gasteiger partial charge is 0.249 e. The van der Waals surface area contributed by atoms with Crippen molar-refractivity contribution in [3.63, 3.8) is 0 Å². The Morgan fingerprint density at radius 2 is 1.92 bits per heavy atom. The van der Waals surface area contributed by atoms with Crippen molar-refractivity contribution in [1.29, 1.82) is 0 Å². The Labute approximate surface area is 155 Å². The summed E-state index contributed by atoms with van der Waals surface area (Å²) in [6.07, 6.45) is 0.954. The topological polar surface area (TPSA) is 79.8 Å². The van der Waals surface area contributed by atoms with Gasteiger partial charge in [-0.05, 0) is 49.4 Å². The molecule has 0 spiro atoms. The normalized spacial score (nSPS) is 10.6. The highest BCUT2D eigenvalue weighted by molar-refractivity contribution is 6.30. The second-order valence-electron chi connectivity index (χ2n) is 5.14. The van der Waals surface area contributed by atoms with E-state index in [1.54, 1.807) is 18.2 Å². The summed E-state index contributed by atoms with van der Waals surface area (Å²) in [4.78, 5) is 23.5. The van der Waals surface area contributed by atoms with E-state index >= 15 is 0 Å². The lowest BCUT2D eigenvalue weighted by molar-refractivity contribution is -0.126. The fourth-order valence-electron chi connectivity index (χ4n) is 2.00. The lowest BCUT2D eigenvalue weighted by Crippen LogP contribution is -2.24. The molecule has 2 N–H and O–H groups in total. The van der Waals surface area contributed by atoms with E-state index in [1.807, 2.05) is 6.92 Å². The lowest BCUT2D eigenvalue weighted by atomic mass is 10.2. The molecule has 0 aliphatic rings. The van der Waals surface area contributed by atoms with Gasteiger partial charge in [-0.15, -0.1) is 0 Å². The molecule has 6 nitrogen and oxygen atoms in total. The Balaban J connectivity index is 1.88. The van der Waals surface area contributed by atoms with Crippen molar-refractivity contribution in [2.24, 2.45) is 5.10 Å². The van der Waals surface area contributed by atoms with Crippen LogP contribution < -0.4 is 15.5 Å². The number of amides is 2. The number of ether oxygens (including phenoxy) is 1. The van der Waals surface area contributed by atoms with Crippen molar-refractivity contribution in [1.82, 2.24) is 5.43 Å². The Bertz CT molecular complexity index is 810. The number of anilines is 1. The minimum Gasteiger partial charge on any atom is -0.493 e. The van der Waals surface area contributed by atoms with Gasteiger partial charge < -0.3 is 10.1 Å². The molecular weight excluding hydrogens is 361 g/mol. The van der Waals surface area contributed by atoms with Crippen molar-refractivity contribution in [2.75, 3.05) is 11.9 Å². The molecule has 0 saturated heterocycles. The van der Waals surface area contributed by atoms with Gasteiger partial charge in [-0.2, -0.15) is 5.10 Å². The average molecular weight is 378 g/mol. The third kappa shape index (κ3) is 6.18. The van der Waals surface area contributed by atoms with Gasteiger partial charge in [0.25, 0.3) is 0 Å². The standard InChI is InChI=1S/C18H17ClFN3O3/c1-2-26-16-8-3-13(19)9-12(16)11-21-23-18(25)10-17(24)22-15-6-4-14(20)5-7-15/h3-9,11H,2,10H2,1H3,(H,22,24)(H,23,25). The first kappa shape index (κ1) is 19.4. The molecule has 0 atom stereocenters. The molecule has 0 unspecified atom stereocenters. The predicted octanol–water partition coefficient (Wildman–Crippen LogP) is 3.36. The third-order valence-corrected chi connectivity index (χ3v) is 3.35. The summed E-state index contributed by atoms with van der Waals surface area (Å²) in [6, 6.07) is 10.2. The highest BCUT2D eigenvalue weighted by Gasteiger charge is 2.09. The molecule has 8 heteroatoms. The molecule has 26 heavy (non-hydrogen) atoms. The van der Waals surface area contributed by atoms with Crippen molar-refractivity contribution in [2.45, 2.75) is 13.3 Å². The van der Waals surface area contributed by atoms with Gasteiger partial charge in [0.1, 0.15) is 18.0 Å². The molecule has 2 aromatic carbocycles. The quantitative estimate of drug-likeness (QED) is 0.441. The van der Waals surface area contributed by atoms with Crippen molar-refractivity contribution in [3.8, 4) is 5.75 Å². The first-order chi connectivity index (χ1) is 12.5. The zero-order chi connectivity index (χ0) is 18.9. The van der Waals surface area contributed by atoms with E-state index in [4.69, 9.17) is 16.3 Å². The third-order valence-electron chi connectivity index (χ3n) is 3.11. The monoisotopic (exact) mass is 377 g/mol.